The van der Waals surface area contributed by atoms with E-state index in [2.05, 4.69) is 10.3 Å². The molecule has 0 aliphatic rings. The Kier molecular flexibility index (Phi) is 8.02. The topological polar surface area (TPSA) is 132 Å². The summed E-state index contributed by atoms with van der Waals surface area (Å²) in [7, 11) is 0. The Morgan fingerprint density at radius 2 is 1.84 bits per heavy atom. The van der Waals surface area contributed by atoms with E-state index in [1.807, 2.05) is 0 Å². The number of nitrogens with one attached hydrogen (secondary N) is 1. The van der Waals surface area contributed by atoms with Gasteiger partial charge >= 0.3 is 30.5 Å². The van der Waals surface area contributed by atoms with Crippen molar-refractivity contribution in [3.63, 3.8) is 0 Å². The molecular formula is C19H12Cl2LiN3O6. The van der Waals surface area contributed by atoms with Crippen molar-refractivity contribution in [2.45, 2.75) is 0 Å². The van der Waals surface area contributed by atoms with Crippen LogP contribution in [0.3, 0.4) is 0 Å². The number of nitrogens with zero attached hydrogens (tertiary/aromatic N) is 2. The predicted molar refractivity (Wildman–Crippen MR) is 116 cm³/mol. The number of benzene rings is 2. The van der Waals surface area contributed by atoms with Crippen molar-refractivity contribution in [3.05, 3.63) is 86.0 Å². The van der Waals surface area contributed by atoms with Gasteiger partial charge in [0, 0.05) is 17.3 Å². The minimum absolute atomic E-state index is 0. The van der Waals surface area contributed by atoms with Crippen LogP contribution in [-0.4, -0.2) is 45.8 Å². The fourth-order valence-electron chi connectivity index (χ4n) is 2.45. The first-order valence-electron chi connectivity index (χ1n) is 8.17. The number of hydrogen-bond acceptors (Lipinski definition) is 6. The fourth-order valence-corrected chi connectivity index (χ4v) is 2.94. The van der Waals surface area contributed by atoms with E-state index >= 15 is 0 Å². The third-order valence-corrected chi connectivity index (χ3v) is 4.36. The Labute approximate surface area is 197 Å². The molecule has 2 N–H and O–H groups in total. The summed E-state index contributed by atoms with van der Waals surface area (Å²) in [6, 6.07) is 10.6. The van der Waals surface area contributed by atoms with Crippen LogP contribution in [0.1, 0.15) is 20.7 Å². The van der Waals surface area contributed by atoms with Crippen LogP contribution in [0.25, 0.3) is 0 Å². The number of anilines is 1. The Morgan fingerprint density at radius 3 is 2.48 bits per heavy atom. The first kappa shape index (κ1) is 24.2. The van der Waals surface area contributed by atoms with Gasteiger partial charge < -0.3 is 15.2 Å². The normalized spacial score (nSPS) is 10.0. The van der Waals surface area contributed by atoms with Gasteiger partial charge in [-0.3, -0.25) is 14.9 Å². The van der Waals surface area contributed by atoms with E-state index in [0.717, 1.165) is 6.07 Å². The molecule has 0 radical (unpaired) electrons. The number of carboxylic acid groups (broad SMARTS) is 1. The Bertz CT molecular complexity index is 1180. The number of nitro groups is 1. The van der Waals surface area contributed by atoms with Gasteiger partial charge in [0.25, 0.3) is 11.8 Å². The van der Waals surface area contributed by atoms with Crippen molar-refractivity contribution >= 4 is 65.3 Å². The zero-order valence-electron chi connectivity index (χ0n) is 14.8. The van der Waals surface area contributed by atoms with Crippen LogP contribution in [0.4, 0.5) is 11.4 Å². The summed E-state index contributed by atoms with van der Waals surface area (Å²) in [5.41, 5.74) is -0.614. The summed E-state index contributed by atoms with van der Waals surface area (Å²) in [5.74, 6) is -2.32. The molecule has 1 aromatic heterocycles. The van der Waals surface area contributed by atoms with Gasteiger partial charge in [0.1, 0.15) is 5.75 Å². The third-order valence-electron chi connectivity index (χ3n) is 3.81. The standard InChI is InChI=1S/C19H11Cl2N3O6.Li.H/c20-10-3-5-12(14(21)8-10)17(25)23-15-6-4-11(9-13(15)19(26)27)30-18-16(24(28)29)2-1-7-22-18;;/h1-9H,(H,23,25)(H,26,27);;. The molecule has 0 saturated carbocycles. The molecule has 0 bridgehead atoms. The number of rotatable bonds is 6. The molecule has 0 aliphatic heterocycles. The predicted octanol–water partition coefficient (Wildman–Crippen LogP) is 4.39. The van der Waals surface area contributed by atoms with Crippen molar-refractivity contribution in [1.82, 2.24) is 4.98 Å². The van der Waals surface area contributed by atoms with Crippen LogP contribution >= 0.6 is 23.2 Å². The minimum atomic E-state index is -1.35. The van der Waals surface area contributed by atoms with Gasteiger partial charge in [0.05, 0.1) is 26.8 Å². The van der Waals surface area contributed by atoms with E-state index in [4.69, 9.17) is 27.9 Å². The number of carbonyl (C=O) groups is 2. The second-order valence-electron chi connectivity index (χ2n) is 5.78. The molecule has 0 atom stereocenters. The number of hydrogen-bond donors (Lipinski definition) is 2. The first-order valence-corrected chi connectivity index (χ1v) is 8.93. The Morgan fingerprint density at radius 1 is 1.10 bits per heavy atom. The molecule has 0 spiro atoms. The van der Waals surface area contributed by atoms with E-state index in [1.165, 1.54) is 48.7 Å². The van der Waals surface area contributed by atoms with E-state index in [1.54, 1.807) is 0 Å². The molecule has 0 unspecified atom stereocenters. The fraction of sp³-hybridized carbons (Fsp3) is 0. The van der Waals surface area contributed by atoms with Gasteiger partial charge in [0.2, 0.25) is 0 Å². The molecule has 3 rings (SSSR count). The molecule has 154 valence electrons. The number of carbonyl (C=O) groups excluding carboxylic acids is 1. The molecule has 0 saturated heterocycles. The van der Waals surface area contributed by atoms with Gasteiger partial charge in [-0.15, -0.1) is 0 Å². The molecular weight excluding hydrogens is 444 g/mol. The monoisotopic (exact) mass is 455 g/mol. The van der Waals surface area contributed by atoms with Crippen LogP contribution in [0.2, 0.25) is 10.0 Å². The Balaban J connectivity index is 0.00000341. The summed E-state index contributed by atoms with van der Waals surface area (Å²) in [5, 5.41) is 23.5. The first-order chi connectivity index (χ1) is 14.3. The van der Waals surface area contributed by atoms with Crippen LogP contribution in [-0.2, 0) is 0 Å². The summed E-state index contributed by atoms with van der Waals surface area (Å²) in [6.07, 6.45) is 1.30. The molecule has 12 heteroatoms. The SMILES string of the molecule is O=C(Nc1ccc(Oc2ncccc2[N+](=O)[O-])cc1C(=O)O)c1ccc(Cl)cc1Cl.[LiH]. The molecule has 0 fully saturated rings. The molecule has 1 heterocycles. The summed E-state index contributed by atoms with van der Waals surface area (Å²) in [4.78, 5) is 38.3. The van der Waals surface area contributed by atoms with Crippen molar-refractivity contribution in [1.29, 1.82) is 0 Å². The number of halogens is 2. The molecule has 31 heavy (non-hydrogen) atoms. The van der Waals surface area contributed by atoms with Crippen molar-refractivity contribution in [2.24, 2.45) is 0 Å². The van der Waals surface area contributed by atoms with E-state index < -0.39 is 16.8 Å². The molecule has 1 amide bonds. The zero-order valence-corrected chi connectivity index (χ0v) is 16.3. The van der Waals surface area contributed by atoms with Crippen LogP contribution in [0.5, 0.6) is 11.6 Å². The average molecular weight is 456 g/mol. The third kappa shape index (κ3) is 5.74. The van der Waals surface area contributed by atoms with Gasteiger partial charge in [-0.2, -0.15) is 0 Å². The van der Waals surface area contributed by atoms with Gasteiger partial charge in [-0.25, -0.2) is 9.78 Å². The summed E-state index contributed by atoms with van der Waals surface area (Å²) >= 11 is 11.8. The van der Waals surface area contributed by atoms with Crippen molar-refractivity contribution < 1.29 is 24.4 Å². The summed E-state index contributed by atoms with van der Waals surface area (Å²) < 4.78 is 5.37. The van der Waals surface area contributed by atoms with E-state index in [0.29, 0.717) is 5.02 Å². The maximum atomic E-state index is 12.5. The second kappa shape index (κ2) is 10.3. The van der Waals surface area contributed by atoms with Gasteiger partial charge in [-0.1, -0.05) is 23.2 Å². The molecule has 9 nitrogen and oxygen atoms in total. The van der Waals surface area contributed by atoms with Gasteiger partial charge in [-0.05, 0) is 42.5 Å². The van der Waals surface area contributed by atoms with E-state index in [-0.39, 0.29) is 58.0 Å². The van der Waals surface area contributed by atoms with Crippen molar-refractivity contribution in [3.8, 4) is 11.6 Å². The van der Waals surface area contributed by atoms with Crippen LogP contribution < -0.4 is 10.1 Å². The zero-order chi connectivity index (χ0) is 21.8. The number of carboxylic acids is 1. The van der Waals surface area contributed by atoms with E-state index in [9.17, 15) is 24.8 Å². The Hall–Kier alpha value is -3.09. The molecule has 2 aromatic carbocycles. The quantitative estimate of drug-likeness (QED) is 0.320. The van der Waals surface area contributed by atoms with Gasteiger partial charge in [0.15, 0.2) is 0 Å². The van der Waals surface area contributed by atoms with Crippen LogP contribution in [0.15, 0.2) is 54.7 Å². The van der Waals surface area contributed by atoms with Crippen molar-refractivity contribution in [2.75, 3.05) is 5.32 Å². The maximum absolute atomic E-state index is 12.5. The summed E-state index contributed by atoms with van der Waals surface area (Å²) in [6.45, 7) is 0. The molecule has 3 aromatic rings. The number of ether oxygens (including phenoxy) is 1. The number of pyridine rings is 1. The second-order valence-corrected chi connectivity index (χ2v) is 6.62. The average Bonchev–Trinajstić information content (AvgIpc) is 2.69. The number of aromatic carboxylic acids is 1. The number of aromatic nitrogens is 1. The van der Waals surface area contributed by atoms with Crippen LogP contribution in [0, 0.1) is 10.1 Å². The number of amides is 1. The molecule has 0 aliphatic carbocycles.